The maximum atomic E-state index is 6.11. The van der Waals surface area contributed by atoms with E-state index in [1.807, 2.05) is 30.3 Å². The summed E-state index contributed by atoms with van der Waals surface area (Å²) in [6, 6.07) is 26.8. The fourth-order valence-electron chi connectivity index (χ4n) is 3.31. The van der Waals surface area contributed by atoms with E-state index in [2.05, 4.69) is 68.7 Å². The Labute approximate surface area is 182 Å². The Hall–Kier alpha value is -2.60. The van der Waals surface area contributed by atoms with Gasteiger partial charge in [-0.3, -0.25) is 4.57 Å². The number of aromatic nitrogens is 3. The van der Waals surface area contributed by atoms with Crippen LogP contribution in [0.15, 0.2) is 89.4 Å². The third-order valence-electron chi connectivity index (χ3n) is 4.70. The largest absolute Gasteiger partial charge is 0.269 e. The van der Waals surface area contributed by atoms with Gasteiger partial charge in [0.1, 0.15) is 0 Å². The molecule has 0 N–H and O–H groups in total. The molecule has 0 aliphatic carbocycles. The molecule has 0 radical (unpaired) electrons. The molecule has 29 heavy (non-hydrogen) atoms. The van der Waals surface area contributed by atoms with Gasteiger partial charge in [0, 0.05) is 16.5 Å². The molecule has 5 rings (SSSR count). The Morgan fingerprint density at radius 3 is 2.52 bits per heavy atom. The van der Waals surface area contributed by atoms with Gasteiger partial charge in [0.05, 0.1) is 4.88 Å². The number of nitrogens with zero attached hydrogens (tertiary/aromatic N) is 3. The van der Waals surface area contributed by atoms with Crippen LogP contribution >= 0.6 is 34.7 Å². The van der Waals surface area contributed by atoms with Crippen molar-refractivity contribution < 1.29 is 0 Å². The summed E-state index contributed by atoms with van der Waals surface area (Å²) in [5.41, 5.74) is 2.29. The number of thiophene rings is 1. The second-order valence-corrected chi connectivity index (χ2v) is 8.85. The first-order valence-corrected chi connectivity index (χ1v) is 11.4. The summed E-state index contributed by atoms with van der Waals surface area (Å²) in [5, 5.41) is 15.2. The average Bonchev–Trinajstić information content (AvgIpc) is 3.42. The van der Waals surface area contributed by atoms with E-state index in [9.17, 15) is 0 Å². The Morgan fingerprint density at radius 1 is 0.862 bits per heavy atom. The minimum atomic E-state index is 0.712. The summed E-state index contributed by atoms with van der Waals surface area (Å²) >= 11 is 9.46. The first-order chi connectivity index (χ1) is 14.3. The lowest BCUT2D eigenvalue weighted by atomic mass is 10.1. The molecule has 0 aliphatic rings. The lowest BCUT2D eigenvalue weighted by molar-refractivity contribution is 0.886. The molecule has 0 amide bonds. The van der Waals surface area contributed by atoms with Gasteiger partial charge in [0.25, 0.3) is 0 Å². The fraction of sp³-hybridized carbons (Fsp3) is 0.0435. The molecule has 2 aromatic heterocycles. The maximum absolute atomic E-state index is 6.11. The van der Waals surface area contributed by atoms with Crippen LogP contribution in [0.3, 0.4) is 0 Å². The molecular weight excluding hydrogens is 418 g/mol. The lowest BCUT2D eigenvalue weighted by Crippen LogP contribution is -1.99. The topological polar surface area (TPSA) is 30.7 Å². The van der Waals surface area contributed by atoms with E-state index in [-0.39, 0.29) is 0 Å². The number of benzene rings is 3. The summed E-state index contributed by atoms with van der Waals surface area (Å²) in [6.45, 7) is 0. The van der Waals surface area contributed by atoms with Gasteiger partial charge in [-0.15, -0.1) is 21.5 Å². The maximum Gasteiger partial charge on any atom is 0.196 e. The van der Waals surface area contributed by atoms with Crippen LogP contribution in [0.5, 0.6) is 0 Å². The predicted molar refractivity (Wildman–Crippen MR) is 123 cm³/mol. The second-order valence-electron chi connectivity index (χ2n) is 6.52. The molecule has 2 heterocycles. The van der Waals surface area contributed by atoms with Gasteiger partial charge in [-0.1, -0.05) is 71.9 Å². The SMILES string of the molecule is Clc1ccc(-n2c(SCc3cccc4ccccc34)nnc2-c2cccs2)cc1. The third kappa shape index (κ3) is 3.69. The molecular formula is C23H16ClN3S2. The van der Waals surface area contributed by atoms with Crippen LogP contribution in [-0.2, 0) is 5.75 Å². The third-order valence-corrected chi connectivity index (χ3v) is 6.79. The quantitative estimate of drug-likeness (QED) is 0.277. The summed E-state index contributed by atoms with van der Waals surface area (Å²) in [6.07, 6.45) is 0. The summed E-state index contributed by atoms with van der Waals surface area (Å²) in [4.78, 5) is 1.09. The van der Waals surface area contributed by atoms with E-state index in [1.54, 1.807) is 23.1 Å². The van der Waals surface area contributed by atoms with E-state index < -0.39 is 0 Å². The number of hydrogen-bond acceptors (Lipinski definition) is 4. The highest BCUT2D eigenvalue weighted by Crippen LogP contribution is 2.33. The molecule has 0 bridgehead atoms. The summed E-state index contributed by atoms with van der Waals surface area (Å²) in [5.74, 6) is 1.67. The van der Waals surface area contributed by atoms with Crippen molar-refractivity contribution in [1.29, 1.82) is 0 Å². The average molecular weight is 434 g/mol. The highest BCUT2D eigenvalue weighted by molar-refractivity contribution is 7.98. The first kappa shape index (κ1) is 18.4. The zero-order chi connectivity index (χ0) is 19.6. The van der Waals surface area contributed by atoms with E-state index >= 15 is 0 Å². The van der Waals surface area contributed by atoms with Gasteiger partial charge in [0.2, 0.25) is 0 Å². The van der Waals surface area contributed by atoms with Crippen molar-refractivity contribution in [1.82, 2.24) is 14.8 Å². The van der Waals surface area contributed by atoms with Gasteiger partial charge in [-0.2, -0.15) is 0 Å². The van der Waals surface area contributed by atoms with Crippen LogP contribution in [0.25, 0.3) is 27.2 Å². The Morgan fingerprint density at radius 2 is 1.69 bits per heavy atom. The van der Waals surface area contributed by atoms with E-state index in [0.717, 1.165) is 27.3 Å². The minimum Gasteiger partial charge on any atom is -0.269 e. The Balaban J connectivity index is 1.54. The van der Waals surface area contributed by atoms with Gasteiger partial charge >= 0.3 is 0 Å². The molecule has 0 saturated carbocycles. The summed E-state index contributed by atoms with van der Waals surface area (Å²) < 4.78 is 2.11. The number of thioether (sulfide) groups is 1. The van der Waals surface area contributed by atoms with Crippen molar-refractivity contribution in [2.75, 3.05) is 0 Å². The van der Waals surface area contributed by atoms with Crippen molar-refractivity contribution in [2.24, 2.45) is 0 Å². The second kappa shape index (κ2) is 8.03. The molecule has 0 fully saturated rings. The molecule has 0 spiro atoms. The molecule has 0 atom stereocenters. The fourth-order valence-corrected chi connectivity index (χ4v) is 5.09. The molecule has 3 nitrogen and oxygen atoms in total. The predicted octanol–water partition coefficient (Wildman–Crippen LogP) is 7.09. The number of rotatable bonds is 5. The zero-order valence-electron chi connectivity index (χ0n) is 15.3. The molecule has 0 unspecified atom stereocenters. The van der Waals surface area contributed by atoms with E-state index in [4.69, 9.17) is 11.6 Å². The Bertz CT molecular complexity index is 1260. The van der Waals surface area contributed by atoms with Crippen LogP contribution in [0, 0.1) is 0 Å². The van der Waals surface area contributed by atoms with Crippen molar-refractivity contribution in [3.63, 3.8) is 0 Å². The van der Waals surface area contributed by atoms with Crippen molar-refractivity contribution >= 4 is 45.5 Å². The van der Waals surface area contributed by atoms with Crippen LogP contribution in [0.1, 0.15) is 5.56 Å². The first-order valence-electron chi connectivity index (χ1n) is 9.14. The van der Waals surface area contributed by atoms with Crippen LogP contribution < -0.4 is 0 Å². The van der Waals surface area contributed by atoms with E-state index in [0.29, 0.717) is 5.02 Å². The van der Waals surface area contributed by atoms with Crippen molar-refractivity contribution in [3.05, 3.63) is 94.8 Å². The van der Waals surface area contributed by atoms with Crippen LogP contribution in [0.2, 0.25) is 5.02 Å². The van der Waals surface area contributed by atoms with Crippen molar-refractivity contribution in [2.45, 2.75) is 10.9 Å². The Kier molecular flexibility index (Phi) is 5.10. The highest BCUT2D eigenvalue weighted by Gasteiger charge is 2.17. The number of hydrogen-bond donors (Lipinski definition) is 0. The molecule has 0 aliphatic heterocycles. The molecule has 5 aromatic rings. The highest BCUT2D eigenvalue weighted by atomic mass is 35.5. The van der Waals surface area contributed by atoms with Gasteiger partial charge in [-0.25, -0.2) is 0 Å². The molecule has 142 valence electrons. The molecule has 3 aromatic carbocycles. The number of fused-ring (bicyclic) bond motifs is 1. The van der Waals surface area contributed by atoms with Crippen LogP contribution in [-0.4, -0.2) is 14.8 Å². The minimum absolute atomic E-state index is 0.712. The van der Waals surface area contributed by atoms with E-state index in [1.165, 1.54) is 16.3 Å². The molecule has 6 heteroatoms. The number of halogens is 1. The summed E-state index contributed by atoms with van der Waals surface area (Å²) in [7, 11) is 0. The van der Waals surface area contributed by atoms with Crippen molar-refractivity contribution in [3.8, 4) is 16.4 Å². The monoisotopic (exact) mass is 433 g/mol. The standard InChI is InChI=1S/C23H16ClN3S2/c24-18-10-12-19(13-11-18)27-22(21-9-4-14-28-21)25-26-23(27)29-15-17-7-3-6-16-5-1-2-8-20(16)17/h1-14H,15H2. The smallest absolute Gasteiger partial charge is 0.196 e. The zero-order valence-corrected chi connectivity index (χ0v) is 17.7. The van der Waals surface area contributed by atoms with Gasteiger partial charge < -0.3 is 0 Å². The lowest BCUT2D eigenvalue weighted by Gasteiger charge is -2.10. The molecule has 0 saturated heterocycles. The van der Waals surface area contributed by atoms with Gasteiger partial charge in [0.15, 0.2) is 11.0 Å². The van der Waals surface area contributed by atoms with Crippen LogP contribution in [0.4, 0.5) is 0 Å². The normalized spacial score (nSPS) is 11.2. The van der Waals surface area contributed by atoms with Gasteiger partial charge in [-0.05, 0) is 52.0 Å².